The highest BCUT2D eigenvalue weighted by atomic mass is 19.3. The summed E-state index contributed by atoms with van der Waals surface area (Å²) in [5.74, 6) is -0.238. The second-order valence-electron chi connectivity index (χ2n) is 8.74. The van der Waals surface area contributed by atoms with Gasteiger partial charge in [-0.1, -0.05) is 20.8 Å². The van der Waals surface area contributed by atoms with Crippen LogP contribution in [0.2, 0.25) is 0 Å². The molecule has 0 saturated heterocycles. The molecule has 1 aliphatic heterocycles. The molecule has 1 aliphatic rings. The third-order valence-corrected chi connectivity index (χ3v) is 5.50. The summed E-state index contributed by atoms with van der Waals surface area (Å²) < 4.78 is 34.1. The van der Waals surface area contributed by atoms with Gasteiger partial charge in [0.15, 0.2) is 0 Å². The number of aromatic amines is 1. The SMILES string of the molecule is CC(C)(C)c1nnc(C(=O)N2CCc3[nH]cnc3[C@H]2c2cc3c(C(F)F)cccn3n2)o1. The Morgan fingerprint density at radius 3 is 2.84 bits per heavy atom. The van der Waals surface area contributed by atoms with E-state index in [4.69, 9.17) is 4.42 Å². The molecule has 5 heterocycles. The van der Waals surface area contributed by atoms with Crippen LogP contribution in [0.4, 0.5) is 8.78 Å². The largest absolute Gasteiger partial charge is 0.416 e. The van der Waals surface area contributed by atoms with Gasteiger partial charge >= 0.3 is 11.8 Å². The Morgan fingerprint density at radius 1 is 1.31 bits per heavy atom. The predicted octanol–water partition coefficient (Wildman–Crippen LogP) is 3.46. The number of pyridine rings is 1. The Balaban J connectivity index is 1.60. The molecule has 0 unspecified atom stereocenters. The third-order valence-electron chi connectivity index (χ3n) is 5.50. The number of aromatic nitrogens is 6. The van der Waals surface area contributed by atoms with E-state index in [2.05, 4.69) is 25.3 Å². The quantitative estimate of drug-likeness (QED) is 0.522. The first kappa shape index (κ1) is 20.3. The maximum absolute atomic E-state index is 13.5. The molecule has 0 saturated carbocycles. The van der Waals surface area contributed by atoms with Crippen LogP contribution in [0.3, 0.4) is 0 Å². The van der Waals surface area contributed by atoms with E-state index in [1.807, 2.05) is 20.8 Å². The van der Waals surface area contributed by atoms with E-state index < -0.39 is 23.8 Å². The Kier molecular flexibility index (Phi) is 4.57. The number of nitrogens with one attached hydrogen (secondary N) is 1. The number of alkyl halides is 2. The van der Waals surface area contributed by atoms with Gasteiger partial charge in [-0.2, -0.15) is 5.10 Å². The number of amides is 1. The van der Waals surface area contributed by atoms with Gasteiger partial charge in [-0.15, -0.1) is 10.2 Å². The summed E-state index contributed by atoms with van der Waals surface area (Å²) in [5, 5.41) is 12.5. The molecule has 0 fully saturated rings. The molecule has 32 heavy (non-hydrogen) atoms. The number of rotatable bonds is 3. The van der Waals surface area contributed by atoms with Gasteiger partial charge in [-0.25, -0.2) is 18.3 Å². The molecule has 0 aromatic carbocycles. The first-order valence-corrected chi connectivity index (χ1v) is 10.2. The molecule has 166 valence electrons. The minimum Gasteiger partial charge on any atom is -0.416 e. The van der Waals surface area contributed by atoms with Crippen molar-refractivity contribution in [3.05, 3.63) is 65.1 Å². The highest BCUT2D eigenvalue weighted by molar-refractivity contribution is 5.90. The smallest absolute Gasteiger partial charge is 0.312 e. The average Bonchev–Trinajstić information content (AvgIpc) is 3.50. The lowest BCUT2D eigenvalue weighted by molar-refractivity contribution is 0.0642. The highest BCUT2D eigenvalue weighted by Gasteiger charge is 2.38. The predicted molar refractivity (Wildman–Crippen MR) is 108 cm³/mol. The van der Waals surface area contributed by atoms with E-state index in [0.29, 0.717) is 30.2 Å². The number of imidazole rings is 1. The topological polar surface area (TPSA) is 105 Å². The Morgan fingerprint density at radius 2 is 2.12 bits per heavy atom. The van der Waals surface area contributed by atoms with Gasteiger partial charge in [0, 0.05) is 35.8 Å². The summed E-state index contributed by atoms with van der Waals surface area (Å²) in [5.41, 5.74) is 1.65. The number of nitrogens with zero attached hydrogens (tertiary/aromatic N) is 6. The van der Waals surface area contributed by atoms with E-state index in [0.717, 1.165) is 5.69 Å². The van der Waals surface area contributed by atoms with Crippen LogP contribution >= 0.6 is 0 Å². The molecule has 1 N–H and O–H groups in total. The van der Waals surface area contributed by atoms with Crippen LogP contribution in [0, 0.1) is 0 Å². The second-order valence-corrected chi connectivity index (χ2v) is 8.74. The number of hydrogen-bond acceptors (Lipinski definition) is 6. The van der Waals surface area contributed by atoms with Crippen molar-refractivity contribution in [3.63, 3.8) is 0 Å². The molecule has 0 bridgehead atoms. The lowest BCUT2D eigenvalue weighted by Gasteiger charge is -2.32. The van der Waals surface area contributed by atoms with Gasteiger partial charge in [0.05, 0.1) is 23.2 Å². The lowest BCUT2D eigenvalue weighted by atomic mass is 9.97. The third kappa shape index (κ3) is 3.24. The van der Waals surface area contributed by atoms with Crippen molar-refractivity contribution in [2.24, 2.45) is 0 Å². The molecule has 5 rings (SSSR count). The fraction of sp³-hybridized carbons (Fsp3) is 0.381. The minimum atomic E-state index is -2.65. The van der Waals surface area contributed by atoms with Crippen LogP contribution in [-0.2, 0) is 11.8 Å². The number of fused-ring (bicyclic) bond motifs is 2. The van der Waals surface area contributed by atoms with Gasteiger partial charge in [-0.05, 0) is 18.2 Å². The van der Waals surface area contributed by atoms with Gasteiger partial charge in [0.25, 0.3) is 6.43 Å². The maximum Gasteiger partial charge on any atom is 0.312 e. The summed E-state index contributed by atoms with van der Waals surface area (Å²) in [4.78, 5) is 22.4. The number of carbonyl (C=O) groups excluding carboxylic acids is 1. The van der Waals surface area contributed by atoms with Crippen molar-refractivity contribution in [1.29, 1.82) is 0 Å². The van der Waals surface area contributed by atoms with Crippen LogP contribution in [0.5, 0.6) is 0 Å². The standard InChI is InChI=1S/C21H21F2N7O2/c1-21(2,3)20-27-26-18(32-20)19(31)29-8-6-12-15(25-10-24-12)16(29)13-9-14-11(17(22)23)5-4-7-30(14)28-13/h4-5,7,9-10,16-17H,6,8H2,1-3H3,(H,24,25)/t16-/m1/s1. The lowest BCUT2D eigenvalue weighted by Crippen LogP contribution is -2.41. The molecular weight excluding hydrogens is 420 g/mol. The number of H-pyrrole nitrogens is 1. The maximum atomic E-state index is 13.5. The Labute approximate surface area is 181 Å². The average molecular weight is 441 g/mol. The molecule has 0 spiro atoms. The molecule has 9 nitrogen and oxygen atoms in total. The van der Waals surface area contributed by atoms with Crippen molar-refractivity contribution in [2.75, 3.05) is 6.54 Å². The van der Waals surface area contributed by atoms with E-state index in [9.17, 15) is 13.6 Å². The fourth-order valence-electron chi connectivity index (χ4n) is 3.90. The zero-order chi connectivity index (χ0) is 22.6. The molecule has 4 aromatic rings. The first-order chi connectivity index (χ1) is 15.2. The van der Waals surface area contributed by atoms with Gasteiger partial charge < -0.3 is 14.3 Å². The van der Waals surface area contributed by atoms with Gasteiger partial charge in [0.2, 0.25) is 5.89 Å². The van der Waals surface area contributed by atoms with Crippen LogP contribution in [-0.4, -0.2) is 47.1 Å². The summed E-state index contributed by atoms with van der Waals surface area (Å²) in [6.07, 6.45) is 1.05. The number of halogens is 2. The van der Waals surface area contributed by atoms with Gasteiger partial charge in [-0.3, -0.25) is 4.79 Å². The summed E-state index contributed by atoms with van der Waals surface area (Å²) in [6, 6.07) is 3.77. The molecule has 0 radical (unpaired) electrons. The van der Waals surface area contributed by atoms with Gasteiger partial charge in [0.1, 0.15) is 6.04 Å². The van der Waals surface area contributed by atoms with E-state index >= 15 is 0 Å². The fourth-order valence-corrected chi connectivity index (χ4v) is 3.90. The first-order valence-electron chi connectivity index (χ1n) is 10.2. The normalized spacial score (nSPS) is 16.7. The van der Waals surface area contributed by atoms with Crippen LogP contribution in [0.25, 0.3) is 5.52 Å². The van der Waals surface area contributed by atoms with Crippen LogP contribution in [0.1, 0.15) is 72.5 Å². The molecule has 11 heteroatoms. The highest BCUT2D eigenvalue weighted by Crippen LogP contribution is 2.35. The molecule has 1 atom stereocenters. The molecule has 0 aliphatic carbocycles. The van der Waals surface area contributed by atoms with Crippen molar-refractivity contribution >= 4 is 11.4 Å². The number of carbonyl (C=O) groups is 1. The molecule has 1 amide bonds. The van der Waals surface area contributed by atoms with E-state index in [1.165, 1.54) is 16.6 Å². The number of hydrogen-bond donors (Lipinski definition) is 1. The monoisotopic (exact) mass is 441 g/mol. The van der Waals surface area contributed by atoms with Crippen molar-refractivity contribution in [1.82, 2.24) is 34.7 Å². The van der Waals surface area contributed by atoms with Crippen LogP contribution in [0.15, 0.2) is 35.1 Å². The summed E-state index contributed by atoms with van der Waals surface area (Å²) in [7, 11) is 0. The Hall–Kier alpha value is -3.63. The molecular formula is C21H21F2N7O2. The zero-order valence-electron chi connectivity index (χ0n) is 17.7. The van der Waals surface area contributed by atoms with Crippen LogP contribution < -0.4 is 0 Å². The minimum absolute atomic E-state index is 0.129. The van der Waals surface area contributed by atoms with E-state index in [-0.39, 0.29) is 17.0 Å². The second kappa shape index (κ2) is 7.21. The van der Waals surface area contributed by atoms with Crippen molar-refractivity contribution < 1.29 is 18.0 Å². The zero-order valence-corrected chi connectivity index (χ0v) is 17.7. The van der Waals surface area contributed by atoms with E-state index in [1.54, 1.807) is 23.5 Å². The molecule has 4 aromatic heterocycles. The Bertz CT molecular complexity index is 1300. The van der Waals surface area contributed by atoms with Crippen molar-refractivity contribution in [3.8, 4) is 0 Å². The summed E-state index contributed by atoms with van der Waals surface area (Å²) in [6.45, 7) is 6.07. The van der Waals surface area contributed by atoms with Crippen molar-refractivity contribution in [2.45, 2.75) is 45.1 Å². The summed E-state index contributed by atoms with van der Waals surface area (Å²) >= 11 is 0.